The molecule has 190 valence electrons. The smallest absolute Gasteiger partial charge is 0.362 e. The SMILES string of the molecule is CCOC(=O)c1nc2ccccc2n([C@@]2(C)C[C@@H]3C2CCN3C2CCCCCCCCCC2)c1=O. The van der Waals surface area contributed by atoms with E-state index in [-0.39, 0.29) is 23.4 Å². The number of esters is 1. The van der Waals surface area contributed by atoms with Gasteiger partial charge in [-0.25, -0.2) is 9.78 Å². The number of hydrogen-bond acceptors (Lipinski definition) is 5. The number of aromatic nitrogens is 2. The number of hydrogen-bond donors (Lipinski definition) is 0. The molecule has 1 aromatic heterocycles. The fraction of sp³-hybridized carbons (Fsp3) is 0.690. The monoisotopic (exact) mass is 479 g/mol. The van der Waals surface area contributed by atoms with Gasteiger partial charge < -0.3 is 4.74 Å². The van der Waals surface area contributed by atoms with E-state index in [9.17, 15) is 9.59 Å². The molecule has 2 aromatic rings. The molecule has 2 heterocycles. The largest absolute Gasteiger partial charge is 0.461 e. The van der Waals surface area contributed by atoms with Gasteiger partial charge in [-0.05, 0) is 64.1 Å². The van der Waals surface area contributed by atoms with Gasteiger partial charge in [0.05, 0.1) is 23.2 Å². The first kappa shape index (κ1) is 24.5. The molecular formula is C29H41N3O3. The first-order chi connectivity index (χ1) is 17.0. The Morgan fingerprint density at radius 3 is 2.37 bits per heavy atom. The maximum absolute atomic E-state index is 13.7. The van der Waals surface area contributed by atoms with Gasteiger partial charge in [-0.15, -0.1) is 0 Å². The van der Waals surface area contributed by atoms with Crippen LogP contribution in [0.25, 0.3) is 11.0 Å². The molecule has 1 aliphatic heterocycles. The van der Waals surface area contributed by atoms with Crippen LogP contribution in [0.3, 0.4) is 0 Å². The number of likely N-dealkylation sites (tertiary alicyclic amines) is 1. The lowest BCUT2D eigenvalue weighted by Crippen LogP contribution is -2.62. The second-order valence-electron chi connectivity index (χ2n) is 11.1. The summed E-state index contributed by atoms with van der Waals surface area (Å²) in [6.45, 7) is 5.32. The highest BCUT2D eigenvalue weighted by Gasteiger charge is 2.58. The van der Waals surface area contributed by atoms with Crippen molar-refractivity contribution in [2.75, 3.05) is 13.2 Å². The Morgan fingerprint density at radius 2 is 1.69 bits per heavy atom. The van der Waals surface area contributed by atoms with E-state index in [4.69, 9.17) is 4.74 Å². The number of rotatable bonds is 4. The van der Waals surface area contributed by atoms with Crippen molar-refractivity contribution >= 4 is 17.0 Å². The average molecular weight is 480 g/mol. The van der Waals surface area contributed by atoms with E-state index in [1.165, 1.54) is 64.2 Å². The molecule has 0 spiro atoms. The fourth-order valence-corrected chi connectivity index (χ4v) is 7.25. The predicted molar refractivity (Wildman–Crippen MR) is 139 cm³/mol. The highest BCUT2D eigenvalue weighted by Crippen LogP contribution is 2.54. The average Bonchev–Trinajstić information content (AvgIpc) is 3.18. The molecule has 1 aromatic carbocycles. The number of carbonyl (C=O) groups is 1. The van der Waals surface area contributed by atoms with Gasteiger partial charge in [0.2, 0.25) is 5.69 Å². The molecule has 2 saturated carbocycles. The van der Waals surface area contributed by atoms with Crippen LogP contribution >= 0.6 is 0 Å². The molecule has 3 aliphatic rings. The number of para-hydroxylation sites is 2. The highest BCUT2D eigenvalue weighted by molar-refractivity contribution is 5.89. The number of carbonyl (C=O) groups excluding carboxylic acids is 1. The predicted octanol–water partition coefficient (Wildman–Crippen LogP) is 5.67. The fourth-order valence-electron chi connectivity index (χ4n) is 7.25. The third-order valence-corrected chi connectivity index (χ3v) is 9.04. The summed E-state index contributed by atoms with van der Waals surface area (Å²) in [5, 5.41) is 0. The summed E-state index contributed by atoms with van der Waals surface area (Å²) in [6.07, 6.45) is 15.7. The first-order valence-electron chi connectivity index (χ1n) is 14.0. The lowest BCUT2D eigenvalue weighted by molar-refractivity contribution is -0.0202. The lowest BCUT2D eigenvalue weighted by Gasteiger charge is -2.54. The van der Waals surface area contributed by atoms with Crippen LogP contribution in [-0.4, -0.2) is 45.7 Å². The minimum absolute atomic E-state index is 0.0894. The van der Waals surface area contributed by atoms with Crippen molar-refractivity contribution in [3.05, 3.63) is 40.3 Å². The van der Waals surface area contributed by atoms with Crippen molar-refractivity contribution in [3.8, 4) is 0 Å². The van der Waals surface area contributed by atoms with Gasteiger partial charge in [0.1, 0.15) is 0 Å². The standard InChI is InChI=1S/C29H41N3O3/c1-3-35-28(34)26-27(33)32(24-17-13-12-16-23(24)30-26)29(2)20-25-22(29)18-19-31(25)21-14-10-8-6-4-5-7-9-11-15-21/h12-13,16-17,21-22,25H,3-11,14-15,18-20H2,1-2H3/t22?,25-,29+/m1/s1. The zero-order valence-corrected chi connectivity index (χ0v) is 21.5. The van der Waals surface area contributed by atoms with Crippen LogP contribution in [0.15, 0.2) is 29.1 Å². The summed E-state index contributed by atoms with van der Waals surface area (Å²) in [5.74, 6) is -0.207. The second-order valence-corrected chi connectivity index (χ2v) is 11.1. The van der Waals surface area contributed by atoms with Crippen molar-refractivity contribution in [3.63, 3.8) is 0 Å². The number of nitrogens with zero attached hydrogens (tertiary/aromatic N) is 3. The summed E-state index contributed by atoms with van der Waals surface area (Å²) in [7, 11) is 0. The minimum Gasteiger partial charge on any atom is -0.461 e. The Hall–Kier alpha value is -2.21. The molecule has 0 amide bonds. The maximum atomic E-state index is 13.7. The van der Waals surface area contributed by atoms with E-state index < -0.39 is 5.97 Å². The minimum atomic E-state index is -0.623. The zero-order chi connectivity index (χ0) is 24.4. The third kappa shape index (κ3) is 4.54. The summed E-state index contributed by atoms with van der Waals surface area (Å²) < 4.78 is 7.08. The zero-order valence-electron chi connectivity index (χ0n) is 21.5. The van der Waals surface area contributed by atoms with Crippen molar-refractivity contribution in [2.24, 2.45) is 5.92 Å². The molecule has 3 atom stereocenters. The summed E-state index contributed by atoms with van der Waals surface area (Å²) in [4.78, 5) is 33.5. The molecule has 5 rings (SSSR count). The summed E-state index contributed by atoms with van der Waals surface area (Å²) >= 11 is 0. The van der Waals surface area contributed by atoms with Crippen LogP contribution < -0.4 is 5.56 Å². The van der Waals surface area contributed by atoms with Gasteiger partial charge in [-0.3, -0.25) is 14.3 Å². The molecule has 35 heavy (non-hydrogen) atoms. The Bertz CT molecular complexity index is 1100. The van der Waals surface area contributed by atoms with E-state index in [2.05, 4.69) is 16.8 Å². The van der Waals surface area contributed by atoms with E-state index >= 15 is 0 Å². The van der Waals surface area contributed by atoms with Crippen LogP contribution in [0.1, 0.15) is 101 Å². The normalized spacial score (nSPS) is 28.7. The molecule has 1 saturated heterocycles. The van der Waals surface area contributed by atoms with Crippen LogP contribution in [0.2, 0.25) is 0 Å². The van der Waals surface area contributed by atoms with Crippen molar-refractivity contribution < 1.29 is 9.53 Å². The molecule has 2 aliphatic carbocycles. The van der Waals surface area contributed by atoms with Gasteiger partial charge in [-0.1, -0.05) is 63.5 Å². The highest BCUT2D eigenvalue weighted by atomic mass is 16.5. The molecular weight excluding hydrogens is 438 g/mol. The molecule has 0 N–H and O–H groups in total. The molecule has 0 radical (unpaired) electrons. The lowest BCUT2D eigenvalue weighted by atomic mass is 9.63. The third-order valence-electron chi connectivity index (χ3n) is 9.04. The Kier molecular flexibility index (Phi) is 7.29. The number of benzene rings is 1. The quantitative estimate of drug-likeness (QED) is 0.529. The van der Waals surface area contributed by atoms with Gasteiger partial charge >= 0.3 is 5.97 Å². The Morgan fingerprint density at radius 1 is 1.03 bits per heavy atom. The first-order valence-corrected chi connectivity index (χ1v) is 14.0. The van der Waals surface area contributed by atoms with Gasteiger partial charge in [0, 0.05) is 12.1 Å². The summed E-state index contributed by atoms with van der Waals surface area (Å²) in [6, 6.07) is 8.91. The molecule has 3 fully saturated rings. The second kappa shape index (κ2) is 10.4. The van der Waals surface area contributed by atoms with Crippen molar-refractivity contribution in [1.29, 1.82) is 0 Å². The van der Waals surface area contributed by atoms with Gasteiger partial charge in [0.15, 0.2) is 0 Å². The molecule has 1 unspecified atom stereocenters. The molecule has 0 bridgehead atoms. The van der Waals surface area contributed by atoms with Crippen LogP contribution in [0.5, 0.6) is 0 Å². The van der Waals surface area contributed by atoms with Crippen LogP contribution in [-0.2, 0) is 10.3 Å². The van der Waals surface area contributed by atoms with E-state index in [1.54, 1.807) is 6.92 Å². The van der Waals surface area contributed by atoms with Crippen LogP contribution in [0.4, 0.5) is 0 Å². The maximum Gasteiger partial charge on any atom is 0.362 e. The summed E-state index contributed by atoms with van der Waals surface area (Å²) in [5.41, 5.74) is 0.788. The molecule has 6 heteroatoms. The van der Waals surface area contributed by atoms with Crippen molar-refractivity contribution in [2.45, 2.75) is 109 Å². The van der Waals surface area contributed by atoms with Gasteiger partial charge in [0.25, 0.3) is 5.56 Å². The van der Waals surface area contributed by atoms with Crippen LogP contribution in [0, 0.1) is 5.92 Å². The van der Waals surface area contributed by atoms with Gasteiger partial charge in [-0.2, -0.15) is 0 Å². The molecule has 6 nitrogen and oxygen atoms in total. The topological polar surface area (TPSA) is 64.4 Å². The van der Waals surface area contributed by atoms with E-state index in [1.807, 2.05) is 28.8 Å². The van der Waals surface area contributed by atoms with E-state index in [0.29, 0.717) is 23.5 Å². The number of fused-ring (bicyclic) bond motifs is 2. The number of ether oxygens (including phenoxy) is 1. The Balaban J connectivity index is 1.43. The Labute approximate surface area is 209 Å². The van der Waals surface area contributed by atoms with E-state index in [0.717, 1.165) is 24.9 Å². The van der Waals surface area contributed by atoms with Crippen molar-refractivity contribution in [1.82, 2.24) is 14.5 Å².